The van der Waals surface area contributed by atoms with Gasteiger partial charge in [0, 0.05) is 13.1 Å². The highest BCUT2D eigenvalue weighted by Crippen LogP contribution is 2.39. The van der Waals surface area contributed by atoms with E-state index in [9.17, 15) is 16.8 Å². The number of nitrogens with zero attached hydrogens (tertiary/aromatic N) is 1. The van der Waals surface area contributed by atoms with E-state index in [1.807, 2.05) is 0 Å². The van der Waals surface area contributed by atoms with Gasteiger partial charge < -0.3 is 0 Å². The molecule has 2 N–H and O–H groups in total. The van der Waals surface area contributed by atoms with Crippen LogP contribution in [0.1, 0.15) is 19.3 Å². The van der Waals surface area contributed by atoms with Crippen LogP contribution in [-0.2, 0) is 20.0 Å². The first kappa shape index (κ1) is 15.0. The van der Waals surface area contributed by atoms with Gasteiger partial charge in [0.2, 0.25) is 20.0 Å². The number of primary sulfonamides is 1. The lowest BCUT2D eigenvalue weighted by molar-refractivity contribution is 0.445. The summed E-state index contributed by atoms with van der Waals surface area (Å²) in [6.07, 6.45) is 3.38. The van der Waals surface area contributed by atoms with Crippen LogP contribution in [0.5, 0.6) is 0 Å². The van der Waals surface area contributed by atoms with E-state index in [1.165, 1.54) is 35.0 Å². The second-order valence-corrected chi connectivity index (χ2v) is 9.29. The van der Waals surface area contributed by atoms with Crippen LogP contribution in [0.2, 0.25) is 0 Å². The molecular formula is C13H18N2O4S2. The van der Waals surface area contributed by atoms with Gasteiger partial charge in [0.1, 0.15) is 0 Å². The highest BCUT2D eigenvalue weighted by Gasteiger charge is 2.41. The fourth-order valence-electron chi connectivity index (χ4n) is 3.34. The second kappa shape index (κ2) is 5.05. The van der Waals surface area contributed by atoms with Crippen molar-refractivity contribution in [2.24, 2.45) is 17.0 Å². The van der Waals surface area contributed by atoms with Gasteiger partial charge in [-0.3, -0.25) is 0 Å². The van der Waals surface area contributed by atoms with E-state index in [-0.39, 0.29) is 9.79 Å². The van der Waals surface area contributed by atoms with Crippen LogP contribution in [0, 0.1) is 11.8 Å². The number of fused-ring (bicyclic) bond motifs is 1. The zero-order valence-corrected chi connectivity index (χ0v) is 13.1. The predicted octanol–water partition coefficient (Wildman–Crippen LogP) is 0.755. The van der Waals surface area contributed by atoms with E-state index in [1.54, 1.807) is 0 Å². The Balaban J connectivity index is 1.85. The number of sulfonamides is 2. The standard InChI is InChI=1S/C13H18N2O4S2/c14-20(16,17)12-4-6-13(7-5-12)21(18,19)15-8-10-2-1-3-11(10)9-15/h4-7,10-11H,1-3,8-9H2,(H2,14,16,17). The highest BCUT2D eigenvalue weighted by atomic mass is 32.2. The molecule has 0 aromatic heterocycles. The summed E-state index contributed by atoms with van der Waals surface area (Å²) in [5, 5.41) is 5.01. The van der Waals surface area contributed by atoms with Crippen molar-refractivity contribution in [1.82, 2.24) is 4.31 Å². The normalized spacial score (nSPS) is 26.9. The van der Waals surface area contributed by atoms with E-state index in [2.05, 4.69) is 0 Å². The molecule has 1 heterocycles. The maximum absolute atomic E-state index is 12.6. The minimum absolute atomic E-state index is 0.0836. The highest BCUT2D eigenvalue weighted by molar-refractivity contribution is 7.89. The van der Waals surface area contributed by atoms with E-state index >= 15 is 0 Å². The Morgan fingerprint density at radius 3 is 1.86 bits per heavy atom. The van der Waals surface area contributed by atoms with Crippen LogP contribution in [0.4, 0.5) is 0 Å². The molecular weight excluding hydrogens is 312 g/mol. The third kappa shape index (κ3) is 2.73. The molecule has 116 valence electrons. The summed E-state index contributed by atoms with van der Waals surface area (Å²) < 4.78 is 49.1. The molecule has 0 bridgehead atoms. The summed E-state index contributed by atoms with van der Waals surface area (Å²) >= 11 is 0. The maximum Gasteiger partial charge on any atom is 0.243 e. The molecule has 2 atom stereocenters. The third-order valence-electron chi connectivity index (χ3n) is 4.48. The van der Waals surface area contributed by atoms with Gasteiger partial charge in [-0.2, -0.15) is 4.31 Å². The van der Waals surface area contributed by atoms with Gasteiger partial charge in [-0.05, 0) is 48.9 Å². The zero-order chi connectivity index (χ0) is 15.3. The van der Waals surface area contributed by atoms with Gasteiger partial charge in [0.05, 0.1) is 9.79 Å². The fraction of sp³-hybridized carbons (Fsp3) is 0.538. The average molecular weight is 330 g/mol. The van der Waals surface area contributed by atoms with E-state index in [0.29, 0.717) is 24.9 Å². The molecule has 2 fully saturated rings. The monoisotopic (exact) mass is 330 g/mol. The Kier molecular flexibility index (Phi) is 3.59. The second-order valence-electron chi connectivity index (χ2n) is 5.79. The summed E-state index contributed by atoms with van der Waals surface area (Å²) in [5.41, 5.74) is 0. The van der Waals surface area contributed by atoms with Gasteiger partial charge >= 0.3 is 0 Å². The van der Waals surface area contributed by atoms with Crippen LogP contribution in [0.25, 0.3) is 0 Å². The SMILES string of the molecule is NS(=O)(=O)c1ccc(S(=O)(=O)N2CC3CCCC3C2)cc1. The molecule has 0 amide bonds. The smallest absolute Gasteiger partial charge is 0.225 e. The van der Waals surface area contributed by atoms with Gasteiger partial charge in [-0.1, -0.05) is 6.42 Å². The summed E-state index contributed by atoms with van der Waals surface area (Å²) in [7, 11) is -7.35. The van der Waals surface area contributed by atoms with Crippen LogP contribution in [-0.4, -0.2) is 34.2 Å². The van der Waals surface area contributed by atoms with Crippen molar-refractivity contribution in [3.8, 4) is 0 Å². The number of benzene rings is 1. The molecule has 1 aromatic carbocycles. The Morgan fingerprint density at radius 1 is 0.905 bits per heavy atom. The molecule has 21 heavy (non-hydrogen) atoms. The number of rotatable bonds is 3. The summed E-state index contributed by atoms with van der Waals surface area (Å²) in [6.45, 7) is 1.15. The minimum atomic E-state index is -3.80. The Labute approximate surface area is 125 Å². The Morgan fingerprint density at radius 2 is 1.38 bits per heavy atom. The van der Waals surface area contributed by atoms with Crippen LogP contribution in [0.15, 0.2) is 34.1 Å². The summed E-state index contributed by atoms with van der Waals surface area (Å²) in [4.78, 5) is 0.0367. The largest absolute Gasteiger partial charge is 0.243 e. The molecule has 8 heteroatoms. The molecule has 1 saturated carbocycles. The maximum atomic E-state index is 12.6. The van der Waals surface area contributed by atoms with Crippen molar-refractivity contribution >= 4 is 20.0 Å². The van der Waals surface area contributed by atoms with Gasteiger partial charge in [0.25, 0.3) is 0 Å². The summed E-state index contributed by atoms with van der Waals surface area (Å²) in [6, 6.07) is 5.09. The van der Waals surface area contributed by atoms with Crippen molar-refractivity contribution in [2.75, 3.05) is 13.1 Å². The Bertz CT molecular complexity index is 729. The molecule has 0 radical (unpaired) electrons. The quantitative estimate of drug-likeness (QED) is 0.884. The fourth-order valence-corrected chi connectivity index (χ4v) is 5.41. The number of hydrogen-bond acceptors (Lipinski definition) is 4. The van der Waals surface area contributed by atoms with Gasteiger partial charge in [-0.25, -0.2) is 22.0 Å². The molecule has 1 aliphatic heterocycles. The van der Waals surface area contributed by atoms with Crippen molar-refractivity contribution < 1.29 is 16.8 Å². The predicted molar refractivity (Wildman–Crippen MR) is 77.4 cm³/mol. The van der Waals surface area contributed by atoms with Crippen LogP contribution >= 0.6 is 0 Å². The first-order chi connectivity index (χ1) is 9.78. The third-order valence-corrected chi connectivity index (χ3v) is 7.26. The van der Waals surface area contributed by atoms with Crippen molar-refractivity contribution in [2.45, 2.75) is 29.1 Å². The van der Waals surface area contributed by atoms with E-state index in [0.717, 1.165) is 12.8 Å². The average Bonchev–Trinajstić information content (AvgIpc) is 2.98. The van der Waals surface area contributed by atoms with E-state index < -0.39 is 20.0 Å². The summed E-state index contributed by atoms with van der Waals surface area (Å²) in [5.74, 6) is 0.951. The molecule has 6 nitrogen and oxygen atoms in total. The molecule has 0 spiro atoms. The molecule has 1 aromatic rings. The Hall–Kier alpha value is -0.960. The lowest BCUT2D eigenvalue weighted by Gasteiger charge is -2.17. The van der Waals surface area contributed by atoms with E-state index in [4.69, 9.17) is 5.14 Å². The lowest BCUT2D eigenvalue weighted by Crippen LogP contribution is -2.29. The molecule has 1 saturated heterocycles. The van der Waals surface area contributed by atoms with Crippen LogP contribution < -0.4 is 5.14 Å². The first-order valence-electron chi connectivity index (χ1n) is 6.91. The first-order valence-corrected chi connectivity index (χ1v) is 9.90. The van der Waals surface area contributed by atoms with Gasteiger partial charge in [-0.15, -0.1) is 0 Å². The number of nitrogens with two attached hydrogens (primary N) is 1. The van der Waals surface area contributed by atoms with Gasteiger partial charge in [0.15, 0.2) is 0 Å². The number of hydrogen-bond donors (Lipinski definition) is 1. The molecule has 1 aliphatic carbocycles. The topological polar surface area (TPSA) is 97.5 Å². The lowest BCUT2D eigenvalue weighted by atomic mass is 10.0. The van der Waals surface area contributed by atoms with Crippen molar-refractivity contribution in [3.05, 3.63) is 24.3 Å². The molecule has 2 unspecified atom stereocenters. The van der Waals surface area contributed by atoms with Crippen LogP contribution in [0.3, 0.4) is 0 Å². The van der Waals surface area contributed by atoms with Crippen molar-refractivity contribution in [1.29, 1.82) is 0 Å². The minimum Gasteiger partial charge on any atom is -0.225 e. The molecule has 3 rings (SSSR count). The van der Waals surface area contributed by atoms with Crippen molar-refractivity contribution in [3.63, 3.8) is 0 Å². The molecule has 2 aliphatic rings. The zero-order valence-electron chi connectivity index (χ0n) is 11.5.